The molecular weight excluding hydrogens is 202 g/mol. The van der Waals surface area contributed by atoms with Gasteiger partial charge in [-0.1, -0.05) is 0 Å². The number of hydrogen-bond acceptors (Lipinski definition) is 3. The van der Waals surface area contributed by atoms with Crippen molar-refractivity contribution in [3.05, 3.63) is 0 Å². The zero-order chi connectivity index (χ0) is 12.3. The van der Waals surface area contributed by atoms with Crippen LogP contribution in [0.2, 0.25) is 0 Å². The number of nitrogens with two attached hydrogens (primary N) is 1. The average Bonchev–Trinajstić information content (AvgIpc) is 2.17. The Hall–Kier alpha value is -0.610. The van der Waals surface area contributed by atoms with Crippen LogP contribution in [0.1, 0.15) is 40.5 Å². The van der Waals surface area contributed by atoms with Crippen molar-refractivity contribution in [3.8, 4) is 0 Å². The average molecular weight is 227 g/mol. The van der Waals surface area contributed by atoms with Crippen LogP contribution in [0.3, 0.4) is 0 Å². The SMILES string of the molecule is C[C@H](N)C(=O)NC1CCN(C(C)(C)C)CC1. The van der Waals surface area contributed by atoms with Gasteiger partial charge in [-0.25, -0.2) is 0 Å². The lowest BCUT2D eigenvalue weighted by molar-refractivity contribution is -0.123. The Bertz CT molecular complexity index is 237. The summed E-state index contributed by atoms with van der Waals surface area (Å²) < 4.78 is 0. The van der Waals surface area contributed by atoms with Crippen LogP contribution in [0.4, 0.5) is 0 Å². The Labute approximate surface area is 98.6 Å². The minimum Gasteiger partial charge on any atom is -0.352 e. The van der Waals surface area contributed by atoms with Crippen LogP contribution in [-0.4, -0.2) is 41.5 Å². The van der Waals surface area contributed by atoms with Gasteiger partial charge in [0.05, 0.1) is 6.04 Å². The predicted octanol–water partition coefficient (Wildman–Crippen LogP) is 0.713. The molecule has 0 bridgehead atoms. The number of hydrogen-bond donors (Lipinski definition) is 2. The fourth-order valence-electron chi connectivity index (χ4n) is 2.03. The molecule has 1 rings (SSSR count). The smallest absolute Gasteiger partial charge is 0.236 e. The molecule has 16 heavy (non-hydrogen) atoms. The molecule has 0 aliphatic carbocycles. The first-order valence-corrected chi connectivity index (χ1v) is 6.11. The van der Waals surface area contributed by atoms with Gasteiger partial charge >= 0.3 is 0 Å². The quantitative estimate of drug-likeness (QED) is 0.730. The number of amides is 1. The second kappa shape index (κ2) is 5.15. The number of piperidine rings is 1. The first kappa shape index (κ1) is 13.5. The summed E-state index contributed by atoms with van der Waals surface area (Å²) >= 11 is 0. The van der Waals surface area contributed by atoms with Crippen molar-refractivity contribution in [1.29, 1.82) is 0 Å². The number of rotatable bonds is 2. The molecule has 0 aromatic carbocycles. The van der Waals surface area contributed by atoms with Crippen molar-refractivity contribution in [3.63, 3.8) is 0 Å². The Balaban J connectivity index is 2.35. The fourth-order valence-corrected chi connectivity index (χ4v) is 2.03. The molecule has 1 amide bonds. The summed E-state index contributed by atoms with van der Waals surface area (Å²) in [5.74, 6) is -0.0331. The third-order valence-corrected chi connectivity index (χ3v) is 3.20. The van der Waals surface area contributed by atoms with Crippen LogP contribution in [0.25, 0.3) is 0 Å². The summed E-state index contributed by atoms with van der Waals surface area (Å²) in [5, 5.41) is 3.00. The van der Waals surface area contributed by atoms with Crippen LogP contribution >= 0.6 is 0 Å². The highest BCUT2D eigenvalue weighted by atomic mass is 16.2. The molecule has 1 atom stereocenters. The molecule has 1 aliphatic rings. The monoisotopic (exact) mass is 227 g/mol. The number of carbonyl (C=O) groups is 1. The van der Waals surface area contributed by atoms with E-state index in [1.807, 2.05) is 0 Å². The Morgan fingerprint density at radius 2 is 1.88 bits per heavy atom. The van der Waals surface area contributed by atoms with Gasteiger partial charge in [0.25, 0.3) is 0 Å². The normalized spacial score (nSPS) is 21.8. The zero-order valence-electron chi connectivity index (χ0n) is 10.9. The van der Waals surface area contributed by atoms with Gasteiger partial charge in [0, 0.05) is 24.7 Å². The van der Waals surface area contributed by atoms with Gasteiger partial charge < -0.3 is 11.1 Å². The first-order valence-electron chi connectivity index (χ1n) is 6.11. The summed E-state index contributed by atoms with van der Waals surface area (Å²) in [6, 6.07) is -0.0993. The fraction of sp³-hybridized carbons (Fsp3) is 0.917. The van der Waals surface area contributed by atoms with Crippen LogP contribution in [0.15, 0.2) is 0 Å². The van der Waals surface area contributed by atoms with Crippen LogP contribution in [0, 0.1) is 0 Å². The highest BCUT2D eigenvalue weighted by molar-refractivity contribution is 5.81. The third-order valence-electron chi connectivity index (χ3n) is 3.20. The Kier molecular flexibility index (Phi) is 4.33. The van der Waals surface area contributed by atoms with E-state index in [9.17, 15) is 4.79 Å². The highest BCUT2D eigenvalue weighted by Gasteiger charge is 2.27. The van der Waals surface area contributed by atoms with Gasteiger partial charge in [0.15, 0.2) is 0 Å². The molecule has 4 nitrogen and oxygen atoms in total. The molecule has 3 N–H and O–H groups in total. The van der Waals surface area contributed by atoms with E-state index in [0.29, 0.717) is 6.04 Å². The summed E-state index contributed by atoms with van der Waals surface area (Å²) in [7, 11) is 0. The van der Waals surface area contributed by atoms with E-state index < -0.39 is 6.04 Å². The largest absolute Gasteiger partial charge is 0.352 e. The summed E-state index contributed by atoms with van der Waals surface area (Å²) in [6.45, 7) is 10.5. The molecular formula is C12H25N3O. The van der Waals surface area contributed by atoms with E-state index >= 15 is 0 Å². The molecule has 0 saturated carbocycles. The number of likely N-dealkylation sites (tertiary alicyclic amines) is 1. The molecule has 4 heteroatoms. The van der Waals surface area contributed by atoms with Crippen LogP contribution < -0.4 is 11.1 Å². The molecule has 0 spiro atoms. The first-order chi connectivity index (χ1) is 7.30. The van der Waals surface area contributed by atoms with Gasteiger partial charge in [0.2, 0.25) is 5.91 Å². The van der Waals surface area contributed by atoms with E-state index in [2.05, 4.69) is 31.0 Å². The number of carbonyl (C=O) groups excluding carboxylic acids is 1. The van der Waals surface area contributed by atoms with Gasteiger partial charge in [-0.05, 0) is 40.5 Å². The second-order valence-corrected chi connectivity index (χ2v) is 5.73. The summed E-state index contributed by atoms with van der Waals surface area (Å²) in [5.41, 5.74) is 5.76. The maximum atomic E-state index is 11.4. The second-order valence-electron chi connectivity index (χ2n) is 5.73. The van der Waals surface area contributed by atoms with E-state index in [1.165, 1.54) is 0 Å². The molecule has 0 unspecified atom stereocenters. The Morgan fingerprint density at radius 1 is 1.38 bits per heavy atom. The molecule has 1 heterocycles. The van der Waals surface area contributed by atoms with Crippen molar-refractivity contribution in [2.45, 2.75) is 58.2 Å². The molecule has 0 radical (unpaired) electrons. The van der Waals surface area contributed by atoms with E-state index in [4.69, 9.17) is 5.73 Å². The molecule has 1 fully saturated rings. The lowest BCUT2D eigenvalue weighted by Crippen LogP contribution is -2.52. The predicted molar refractivity (Wildman–Crippen MR) is 66.1 cm³/mol. The van der Waals surface area contributed by atoms with E-state index in [0.717, 1.165) is 25.9 Å². The van der Waals surface area contributed by atoms with E-state index in [1.54, 1.807) is 6.92 Å². The van der Waals surface area contributed by atoms with Crippen LogP contribution in [-0.2, 0) is 4.79 Å². The van der Waals surface area contributed by atoms with Crippen molar-refractivity contribution < 1.29 is 4.79 Å². The summed E-state index contributed by atoms with van der Waals surface area (Å²) in [6.07, 6.45) is 2.05. The standard InChI is InChI=1S/C12H25N3O/c1-9(13)11(16)14-10-5-7-15(8-6-10)12(2,3)4/h9-10H,5-8,13H2,1-4H3,(H,14,16)/t9-/m0/s1. The van der Waals surface area contributed by atoms with Gasteiger partial charge in [-0.3, -0.25) is 9.69 Å². The van der Waals surface area contributed by atoms with Gasteiger partial charge in [-0.2, -0.15) is 0 Å². The number of nitrogens with one attached hydrogen (secondary N) is 1. The topological polar surface area (TPSA) is 58.4 Å². The molecule has 0 aromatic heterocycles. The molecule has 1 aliphatic heterocycles. The molecule has 1 saturated heterocycles. The van der Waals surface area contributed by atoms with Crippen molar-refractivity contribution in [2.24, 2.45) is 5.73 Å². The van der Waals surface area contributed by atoms with Gasteiger partial charge in [-0.15, -0.1) is 0 Å². The Morgan fingerprint density at radius 3 is 2.25 bits per heavy atom. The maximum Gasteiger partial charge on any atom is 0.236 e. The minimum atomic E-state index is -0.402. The van der Waals surface area contributed by atoms with Gasteiger partial charge in [0.1, 0.15) is 0 Å². The summed E-state index contributed by atoms with van der Waals surface area (Å²) in [4.78, 5) is 13.9. The highest BCUT2D eigenvalue weighted by Crippen LogP contribution is 2.19. The number of nitrogens with zero attached hydrogens (tertiary/aromatic N) is 1. The lowest BCUT2D eigenvalue weighted by Gasteiger charge is -2.41. The maximum absolute atomic E-state index is 11.4. The zero-order valence-corrected chi connectivity index (χ0v) is 10.9. The van der Waals surface area contributed by atoms with Crippen molar-refractivity contribution in [2.75, 3.05) is 13.1 Å². The van der Waals surface area contributed by atoms with Crippen LogP contribution in [0.5, 0.6) is 0 Å². The van der Waals surface area contributed by atoms with E-state index in [-0.39, 0.29) is 11.4 Å². The minimum absolute atomic E-state index is 0.0331. The third kappa shape index (κ3) is 3.76. The lowest BCUT2D eigenvalue weighted by atomic mass is 9.98. The van der Waals surface area contributed by atoms with Crippen molar-refractivity contribution >= 4 is 5.91 Å². The molecule has 0 aromatic rings. The molecule has 94 valence electrons. The van der Waals surface area contributed by atoms with Crippen molar-refractivity contribution in [1.82, 2.24) is 10.2 Å².